The first kappa shape index (κ1) is 70.5. The van der Waals surface area contributed by atoms with Gasteiger partial charge in [-0.2, -0.15) is 0 Å². The Labute approximate surface area is 451 Å². The van der Waals surface area contributed by atoms with Crippen molar-refractivity contribution in [2.45, 2.75) is 277 Å². The number of rotatable bonds is 54. The quantitative estimate of drug-likeness (QED) is 0.0212. The summed E-state index contributed by atoms with van der Waals surface area (Å²) in [4.78, 5) is 39.9. The number of unbranched alkanes of at least 4 members (excludes halogenated alkanes) is 28. The number of allylic oxidation sites excluding steroid dienone is 11. The van der Waals surface area contributed by atoms with Gasteiger partial charge in [0.1, 0.15) is 19.3 Å². The number of carbonyl (C=O) groups excluding carboxylic acids is 2. The topological polar surface area (TPSA) is 114 Å². The number of nitrogens with zero attached hydrogens (tertiary/aromatic N) is 1. The Kier molecular flexibility index (Phi) is 51.0. The lowest BCUT2D eigenvalue weighted by Gasteiger charge is -2.30. The molecular formula is C63H115N2O7P. The van der Waals surface area contributed by atoms with Crippen LogP contribution in [0.25, 0.3) is 0 Å². The van der Waals surface area contributed by atoms with Gasteiger partial charge in [-0.1, -0.05) is 248 Å². The van der Waals surface area contributed by atoms with Gasteiger partial charge in [0.05, 0.1) is 33.8 Å². The molecule has 73 heavy (non-hydrogen) atoms. The van der Waals surface area contributed by atoms with Gasteiger partial charge in [-0.3, -0.25) is 14.2 Å². The molecule has 9 nitrogen and oxygen atoms in total. The van der Waals surface area contributed by atoms with Crippen molar-refractivity contribution in [2.75, 3.05) is 40.9 Å². The van der Waals surface area contributed by atoms with E-state index in [-0.39, 0.29) is 24.9 Å². The van der Waals surface area contributed by atoms with Crippen molar-refractivity contribution < 1.29 is 37.3 Å². The van der Waals surface area contributed by atoms with E-state index < -0.39 is 26.6 Å². The SMILES string of the molecule is CC/C=C\C/C=C\C/C=C\C/C=C\C/C=C\CCCCCCCC(=O)OC(/C=C/CCCCCCCCCCC)C(COP(=O)([O-])OCC[N+](C)(C)C)NC(=O)CCCCCCCCCCCCCCCCC. The molecule has 0 saturated carbocycles. The normalized spacial score (nSPS) is 14.2. The maximum atomic E-state index is 13.5. The van der Waals surface area contributed by atoms with Gasteiger partial charge in [0.2, 0.25) is 5.91 Å². The number of nitrogens with one attached hydrogen (secondary N) is 1. The third-order valence-corrected chi connectivity index (χ3v) is 14.1. The van der Waals surface area contributed by atoms with Crippen LogP contribution in [0, 0.1) is 0 Å². The van der Waals surface area contributed by atoms with Crippen LogP contribution < -0.4 is 10.2 Å². The standard InChI is InChI=1S/C63H115N2O7P/c1-7-10-13-16-19-22-25-27-29-30-31-32-33-34-36-38-41-44-47-50-53-56-63(67)72-61(54-51-48-45-42-39-24-21-18-15-12-9-3)60(59-71-73(68,69)70-58-57-65(4,5)6)64-62(66)55-52-49-46-43-40-37-35-28-26-23-20-17-14-11-8-2/h10,13,19,22,27,29,31-32,34,36,51,54,60-61H,7-9,11-12,14-18,20-21,23-26,28,30,33,35,37-50,52-53,55-59H2,1-6H3,(H-,64,66,68,69)/b13-10-,22-19-,29-27-,32-31-,36-34-,54-51+. The van der Waals surface area contributed by atoms with Crippen molar-refractivity contribution in [3.63, 3.8) is 0 Å². The van der Waals surface area contributed by atoms with Crippen LogP contribution in [-0.2, 0) is 27.9 Å². The maximum Gasteiger partial charge on any atom is 0.306 e. The summed E-state index contributed by atoms with van der Waals surface area (Å²) in [6.45, 7) is 6.72. The summed E-state index contributed by atoms with van der Waals surface area (Å²) >= 11 is 0. The predicted octanol–water partition coefficient (Wildman–Crippen LogP) is 17.8. The Hall–Kier alpha value is -2.55. The van der Waals surface area contributed by atoms with E-state index >= 15 is 0 Å². The van der Waals surface area contributed by atoms with Gasteiger partial charge in [0, 0.05) is 12.8 Å². The molecule has 0 radical (unpaired) electrons. The molecule has 0 bridgehead atoms. The number of amides is 1. The summed E-state index contributed by atoms with van der Waals surface area (Å²) in [5, 5.41) is 3.02. The third-order valence-electron chi connectivity index (χ3n) is 13.2. The van der Waals surface area contributed by atoms with E-state index in [1.165, 1.54) is 122 Å². The number of hydrogen-bond donors (Lipinski definition) is 1. The van der Waals surface area contributed by atoms with Gasteiger partial charge in [-0.15, -0.1) is 0 Å². The summed E-state index contributed by atoms with van der Waals surface area (Å²) in [5.41, 5.74) is 0. The molecule has 0 aliphatic rings. The minimum absolute atomic E-state index is 0.0268. The molecule has 3 unspecified atom stereocenters. The minimum atomic E-state index is -4.70. The molecular weight excluding hydrogens is 928 g/mol. The Morgan fingerprint density at radius 1 is 0.493 bits per heavy atom. The number of likely N-dealkylation sites (N-methyl/N-ethyl adjacent to an activating group) is 1. The maximum absolute atomic E-state index is 13.5. The number of carbonyl (C=O) groups is 2. The lowest BCUT2D eigenvalue weighted by molar-refractivity contribution is -0.870. The number of ether oxygens (including phenoxy) is 1. The van der Waals surface area contributed by atoms with Crippen molar-refractivity contribution in [1.29, 1.82) is 0 Å². The molecule has 0 aliphatic carbocycles. The molecule has 3 atom stereocenters. The van der Waals surface area contributed by atoms with Crippen molar-refractivity contribution in [3.8, 4) is 0 Å². The lowest BCUT2D eigenvalue weighted by Crippen LogP contribution is -2.47. The molecule has 1 amide bonds. The second-order valence-corrected chi connectivity index (χ2v) is 22.9. The molecule has 10 heteroatoms. The smallest absolute Gasteiger partial charge is 0.306 e. The molecule has 0 spiro atoms. The lowest BCUT2D eigenvalue weighted by atomic mass is 10.0. The predicted molar refractivity (Wildman–Crippen MR) is 312 cm³/mol. The summed E-state index contributed by atoms with van der Waals surface area (Å²) in [6.07, 6.45) is 67.2. The molecule has 0 fully saturated rings. The van der Waals surface area contributed by atoms with Crippen LogP contribution >= 0.6 is 7.82 Å². The molecule has 0 aliphatic heterocycles. The second-order valence-electron chi connectivity index (χ2n) is 21.5. The largest absolute Gasteiger partial charge is 0.756 e. The fraction of sp³-hybridized carbons (Fsp3) is 0.778. The highest BCUT2D eigenvalue weighted by Gasteiger charge is 2.27. The van der Waals surface area contributed by atoms with Crippen molar-refractivity contribution >= 4 is 19.7 Å². The molecule has 424 valence electrons. The minimum Gasteiger partial charge on any atom is -0.756 e. The van der Waals surface area contributed by atoms with E-state index in [1.807, 2.05) is 33.3 Å². The first-order valence-electron chi connectivity index (χ1n) is 30.2. The van der Waals surface area contributed by atoms with E-state index in [1.54, 1.807) is 0 Å². The number of quaternary nitrogens is 1. The van der Waals surface area contributed by atoms with Crippen LogP contribution in [0.2, 0.25) is 0 Å². The molecule has 1 N–H and O–H groups in total. The van der Waals surface area contributed by atoms with Crippen molar-refractivity contribution in [3.05, 3.63) is 72.9 Å². The van der Waals surface area contributed by atoms with Crippen LogP contribution in [0.5, 0.6) is 0 Å². The van der Waals surface area contributed by atoms with E-state index in [0.717, 1.165) is 103 Å². The van der Waals surface area contributed by atoms with Gasteiger partial charge in [0.25, 0.3) is 7.82 Å². The van der Waals surface area contributed by atoms with Crippen LogP contribution in [0.15, 0.2) is 72.9 Å². The highest BCUT2D eigenvalue weighted by Crippen LogP contribution is 2.38. The molecule has 0 aromatic heterocycles. The molecule has 0 saturated heterocycles. The van der Waals surface area contributed by atoms with Gasteiger partial charge >= 0.3 is 5.97 Å². The summed E-state index contributed by atoms with van der Waals surface area (Å²) in [7, 11) is 1.17. The number of esters is 1. The zero-order valence-corrected chi connectivity index (χ0v) is 49.2. The fourth-order valence-corrected chi connectivity index (χ4v) is 9.21. The number of phosphoric acid groups is 1. The van der Waals surface area contributed by atoms with Crippen molar-refractivity contribution in [1.82, 2.24) is 5.32 Å². The molecule has 0 rings (SSSR count). The van der Waals surface area contributed by atoms with Crippen LogP contribution in [0.1, 0.15) is 265 Å². The van der Waals surface area contributed by atoms with E-state index in [4.69, 9.17) is 13.8 Å². The van der Waals surface area contributed by atoms with E-state index in [2.05, 4.69) is 86.8 Å². The fourth-order valence-electron chi connectivity index (χ4n) is 8.49. The third kappa shape index (κ3) is 54.1. The zero-order valence-electron chi connectivity index (χ0n) is 48.3. The Morgan fingerprint density at radius 2 is 0.877 bits per heavy atom. The Bertz CT molecular complexity index is 1480. The molecule has 0 heterocycles. The van der Waals surface area contributed by atoms with Gasteiger partial charge in [0.15, 0.2) is 0 Å². The zero-order chi connectivity index (χ0) is 53.6. The molecule has 0 aromatic rings. The monoisotopic (exact) mass is 1040 g/mol. The van der Waals surface area contributed by atoms with Crippen LogP contribution in [-0.4, -0.2) is 69.4 Å². The van der Waals surface area contributed by atoms with Gasteiger partial charge < -0.3 is 28.5 Å². The van der Waals surface area contributed by atoms with Gasteiger partial charge in [-0.05, 0) is 76.7 Å². The highest BCUT2D eigenvalue weighted by atomic mass is 31.2. The summed E-state index contributed by atoms with van der Waals surface area (Å²) < 4.78 is 30.3. The number of hydrogen-bond acceptors (Lipinski definition) is 7. The van der Waals surface area contributed by atoms with Crippen LogP contribution in [0.4, 0.5) is 0 Å². The van der Waals surface area contributed by atoms with Crippen molar-refractivity contribution in [2.24, 2.45) is 0 Å². The summed E-state index contributed by atoms with van der Waals surface area (Å²) in [6, 6.07) is -0.896. The van der Waals surface area contributed by atoms with E-state index in [9.17, 15) is 19.0 Å². The second kappa shape index (κ2) is 52.9. The van der Waals surface area contributed by atoms with Gasteiger partial charge in [-0.25, -0.2) is 0 Å². The first-order chi connectivity index (χ1) is 35.4. The average Bonchev–Trinajstić information content (AvgIpc) is 3.35. The average molecular weight is 1040 g/mol. The van der Waals surface area contributed by atoms with Crippen LogP contribution in [0.3, 0.4) is 0 Å². The highest BCUT2D eigenvalue weighted by molar-refractivity contribution is 7.45. The summed E-state index contributed by atoms with van der Waals surface area (Å²) in [5.74, 6) is -0.560. The Morgan fingerprint density at radius 3 is 1.32 bits per heavy atom. The first-order valence-corrected chi connectivity index (χ1v) is 31.7. The number of phosphoric ester groups is 1. The van der Waals surface area contributed by atoms with E-state index in [0.29, 0.717) is 23.9 Å². The Balaban J connectivity index is 5.27. The molecule has 0 aromatic carbocycles.